The molecule has 0 fully saturated rings. The predicted octanol–water partition coefficient (Wildman–Crippen LogP) is -5.90. The minimum absolute atomic E-state index is 0. The Kier molecular flexibility index (Phi) is 11.5. The molecule has 0 aromatic rings. The zero-order chi connectivity index (χ0) is 4.50. The molecule has 0 aliphatic carbocycles. The summed E-state index contributed by atoms with van der Waals surface area (Å²) in [5.41, 5.74) is 0. The summed E-state index contributed by atoms with van der Waals surface area (Å²) >= 11 is 0. The molecule has 4 nitrogen and oxygen atoms in total. The fourth-order valence-electron chi connectivity index (χ4n) is 0. The molecule has 0 N–H and O–H groups in total. The van der Waals surface area contributed by atoms with Crippen molar-refractivity contribution in [1.29, 1.82) is 0 Å². The molecule has 0 atom stereocenters. The van der Waals surface area contributed by atoms with Crippen LogP contribution < -0.4 is 19.2 Å². The van der Waals surface area contributed by atoms with E-state index >= 15 is 0 Å². The quantitative estimate of drug-likeness (QED) is 0.417. The molecule has 34 valence electrons. The van der Waals surface area contributed by atoms with Crippen molar-refractivity contribution in [3.63, 3.8) is 0 Å². The Hall–Kier alpha value is 1.00. The van der Waals surface area contributed by atoms with E-state index in [1.165, 1.54) is 0 Å². The maximum atomic E-state index is 8.58. The summed E-state index contributed by atoms with van der Waals surface area (Å²) in [6.07, 6.45) is 0. The molecule has 2 radical (unpaired) electrons. The molecule has 7 heavy (non-hydrogen) atoms. The van der Waals surface area contributed by atoms with Crippen LogP contribution in [-0.2, 0) is 0 Å². The first-order valence-corrected chi connectivity index (χ1v) is 2.45. The van der Waals surface area contributed by atoms with Crippen molar-refractivity contribution in [2.24, 2.45) is 0 Å². The second kappa shape index (κ2) is 5.15. The van der Waals surface area contributed by atoms with Crippen LogP contribution in [0.5, 0.6) is 0 Å². The zero-order valence-corrected chi connectivity index (χ0v) is 7.63. The second-order valence-corrected chi connectivity index (χ2v) is 1.50. The third kappa shape index (κ3) is 174. The summed E-state index contributed by atoms with van der Waals surface area (Å²) in [4.78, 5) is 34.3. The first-order chi connectivity index (χ1) is 2.00. The van der Waals surface area contributed by atoms with Gasteiger partial charge in [-0.2, -0.15) is 0 Å². The third-order valence-corrected chi connectivity index (χ3v) is 0. The van der Waals surface area contributed by atoms with Gasteiger partial charge in [0.25, 0.3) is 0 Å². The Morgan fingerprint density at radius 3 is 0.857 bits per heavy atom. The average Bonchev–Trinajstić information content (AvgIpc) is 0.722. The fraction of sp³-hybridized carbons (Fsp3) is 0. The molecular formula is BBiO4Si+2. The van der Waals surface area contributed by atoms with Crippen LogP contribution in [0.1, 0.15) is 0 Å². The van der Waals surface area contributed by atoms with Gasteiger partial charge >= 0.3 is 34.6 Å². The summed E-state index contributed by atoms with van der Waals surface area (Å²) < 4.78 is 0. The smallest absolute Gasteiger partial charge is 0.894 e. The Labute approximate surface area is 63.0 Å². The number of hydrogen-bond donors (Lipinski definition) is 0. The topological polar surface area (TPSA) is 92.2 Å². The summed E-state index contributed by atoms with van der Waals surface area (Å²) in [5.74, 6) is 0. The van der Waals surface area contributed by atoms with Crippen LogP contribution in [0.25, 0.3) is 0 Å². The molecule has 0 heterocycles. The van der Waals surface area contributed by atoms with Crippen molar-refractivity contribution in [3.8, 4) is 0 Å². The summed E-state index contributed by atoms with van der Waals surface area (Å²) in [5, 5.41) is 0. The van der Waals surface area contributed by atoms with Gasteiger partial charge in [-0.15, -0.1) is 0 Å². The third-order valence-electron chi connectivity index (χ3n) is 0. The van der Waals surface area contributed by atoms with Gasteiger partial charge in [-0.05, 0) is 0 Å². The minimum atomic E-state index is -5.61. The monoisotopic (exact) mass is 312 g/mol. The van der Waals surface area contributed by atoms with Crippen molar-refractivity contribution < 1.29 is 19.2 Å². The van der Waals surface area contributed by atoms with E-state index < -0.39 is 9.05 Å². The molecule has 0 aromatic carbocycles. The average molecular weight is 312 g/mol. The van der Waals surface area contributed by atoms with Crippen LogP contribution in [0.15, 0.2) is 0 Å². The molecule has 0 spiro atoms. The molecule has 0 rings (SSSR count). The Morgan fingerprint density at radius 1 is 0.857 bits per heavy atom. The summed E-state index contributed by atoms with van der Waals surface area (Å²) in [6.45, 7) is 0. The Morgan fingerprint density at radius 2 is 0.857 bits per heavy atom. The molecule has 0 aliphatic heterocycles. The zero-order valence-electron chi connectivity index (χ0n) is 3.16. The van der Waals surface area contributed by atoms with Gasteiger partial charge in [0.2, 0.25) is 0 Å². The van der Waals surface area contributed by atoms with E-state index in [2.05, 4.69) is 0 Å². The molecule has 0 saturated carbocycles. The molecule has 7 heteroatoms. The van der Waals surface area contributed by atoms with Gasteiger partial charge in [-0.25, -0.2) is 0 Å². The molecule has 0 bridgehead atoms. The first-order valence-electron chi connectivity index (χ1n) is 0.816. The van der Waals surface area contributed by atoms with Crippen molar-refractivity contribution >= 4 is 43.7 Å². The molecule has 0 amide bonds. The fourth-order valence-corrected chi connectivity index (χ4v) is 0. The van der Waals surface area contributed by atoms with Crippen molar-refractivity contribution in [2.45, 2.75) is 0 Å². The van der Waals surface area contributed by atoms with Crippen molar-refractivity contribution in [1.82, 2.24) is 0 Å². The van der Waals surface area contributed by atoms with Gasteiger partial charge < -0.3 is 28.2 Å². The van der Waals surface area contributed by atoms with Gasteiger partial charge in [0.05, 0.1) is 0 Å². The maximum absolute atomic E-state index is 8.58. The van der Waals surface area contributed by atoms with Crippen LogP contribution in [0.2, 0.25) is 0 Å². The minimum Gasteiger partial charge on any atom is -0.894 e. The maximum Gasteiger partial charge on any atom is 3.00 e. The van der Waals surface area contributed by atoms with Crippen molar-refractivity contribution in [2.75, 3.05) is 0 Å². The summed E-state index contributed by atoms with van der Waals surface area (Å²) in [6, 6.07) is 0. The molecule has 0 aliphatic rings. The van der Waals surface area contributed by atoms with E-state index in [1.54, 1.807) is 0 Å². The molecule has 0 aromatic heterocycles. The normalized spacial score (nSPS) is 8.57. The van der Waals surface area contributed by atoms with E-state index in [1.807, 2.05) is 0 Å². The summed E-state index contributed by atoms with van der Waals surface area (Å²) in [7, 11) is -5.61. The molecule has 0 saturated heterocycles. The van der Waals surface area contributed by atoms with E-state index in [0.717, 1.165) is 0 Å². The van der Waals surface area contributed by atoms with Gasteiger partial charge in [-0.1, -0.05) is 0 Å². The molecular weight excluding hydrogens is 312 g/mol. The van der Waals surface area contributed by atoms with Crippen molar-refractivity contribution in [3.05, 3.63) is 0 Å². The largest absolute Gasteiger partial charge is 3.00 e. The van der Waals surface area contributed by atoms with E-state index in [0.29, 0.717) is 0 Å². The number of hydrogen-bond acceptors (Lipinski definition) is 4. The Balaban J connectivity index is -0.0000000800. The first kappa shape index (κ1) is 15.7. The SMILES string of the molecule is [B+3].[Bi+3].[O-][Si]([O-])([O-])[O-]. The van der Waals surface area contributed by atoms with Gasteiger partial charge in [0.15, 0.2) is 0 Å². The van der Waals surface area contributed by atoms with Crippen LogP contribution in [0, 0.1) is 0 Å². The standard InChI is InChI=1S/B.Bi.O4Si/c;;1-5(2,3)4/q2*+3;-4. The van der Waals surface area contributed by atoms with Crippen LogP contribution >= 0.6 is 0 Å². The van der Waals surface area contributed by atoms with E-state index in [4.69, 9.17) is 19.2 Å². The van der Waals surface area contributed by atoms with Crippen LogP contribution in [0.3, 0.4) is 0 Å². The predicted molar refractivity (Wildman–Crippen MR) is 17.3 cm³/mol. The van der Waals surface area contributed by atoms with Gasteiger partial charge in [-0.3, -0.25) is 0 Å². The number of rotatable bonds is 0. The molecule has 0 unspecified atom stereocenters. The van der Waals surface area contributed by atoms with Gasteiger partial charge in [0, 0.05) is 0 Å². The Bertz CT molecular complexity index is 27.2. The van der Waals surface area contributed by atoms with Crippen LogP contribution in [-0.4, -0.2) is 43.7 Å². The second-order valence-electron chi connectivity index (χ2n) is 0.500. The van der Waals surface area contributed by atoms with Crippen LogP contribution in [0.4, 0.5) is 0 Å². The van der Waals surface area contributed by atoms with E-state index in [9.17, 15) is 0 Å². The van der Waals surface area contributed by atoms with E-state index in [-0.39, 0.29) is 34.6 Å². The van der Waals surface area contributed by atoms with Gasteiger partial charge in [0.1, 0.15) is 0 Å².